The van der Waals surface area contributed by atoms with Gasteiger partial charge < -0.3 is 24.2 Å². The fraction of sp³-hybridized carbons (Fsp3) is 0.667. The molecule has 1 aromatic carbocycles. The Balaban J connectivity index is 1.83. The molecule has 0 radical (unpaired) electrons. The number of aliphatic hydroxyl groups excluding tert-OH is 1. The normalized spacial score (nSPS) is 16.6. The van der Waals surface area contributed by atoms with Crippen molar-refractivity contribution in [3.05, 3.63) is 23.8 Å². The zero-order valence-electron chi connectivity index (χ0n) is 18.1. The predicted molar refractivity (Wildman–Crippen MR) is 111 cm³/mol. The van der Waals surface area contributed by atoms with Crippen molar-refractivity contribution in [2.45, 2.75) is 19.6 Å². The molecule has 1 N–H and O–H groups in total. The van der Waals surface area contributed by atoms with Crippen LogP contribution in [0, 0.1) is 0 Å². The Morgan fingerprint density at radius 2 is 1.86 bits per heavy atom. The highest BCUT2D eigenvalue weighted by molar-refractivity contribution is 5.71. The van der Waals surface area contributed by atoms with E-state index in [4.69, 9.17) is 9.47 Å². The maximum Gasteiger partial charge on any atom is 0.319 e. The molecule has 1 atom stereocenters. The van der Waals surface area contributed by atoms with Crippen LogP contribution in [0.1, 0.15) is 12.5 Å². The van der Waals surface area contributed by atoms with Crippen LogP contribution in [0.2, 0.25) is 0 Å². The van der Waals surface area contributed by atoms with E-state index >= 15 is 0 Å². The predicted octanol–water partition coefficient (Wildman–Crippen LogP) is 0.677. The molecule has 0 bridgehead atoms. The summed E-state index contributed by atoms with van der Waals surface area (Å²) in [6, 6.07) is 5.66. The lowest BCUT2D eigenvalue weighted by Gasteiger charge is -2.34. The van der Waals surface area contributed by atoms with Crippen molar-refractivity contribution < 1.29 is 24.1 Å². The van der Waals surface area contributed by atoms with Gasteiger partial charge in [0.1, 0.15) is 12.7 Å². The first-order chi connectivity index (χ1) is 13.9. The zero-order valence-corrected chi connectivity index (χ0v) is 18.1. The summed E-state index contributed by atoms with van der Waals surface area (Å²) in [5, 5.41) is 10.4. The number of esters is 1. The number of nitrogens with zero attached hydrogens (tertiary/aromatic N) is 3. The van der Waals surface area contributed by atoms with Gasteiger partial charge in [-0.15, -0.1) is 0 Å². The first-order valence-corrected chi connectivity index (χ1v) is 10.1. The molecule has 1 aliphatic rings. The van der Waals surface area contributed by atoms with E-state index in [-0.39, 0.29) is 19.1 Å². The number of aliphatic hydroxyl groups is 1. The van der Waals surface area contributed by atoms with E-state index in [9.17, 15) is 9.90 Å². The number of methoxy groups -OCH3 is 2. The van der Waals surface area contributed by atoms with Crippen molar-refractivity contribution in [1.29, 1.82) is 0 Å². The highest BCUT2D eigenvalue weighted by atomic mass is 16.5. The van der Waals surface area contributed by atoms with E-state index in [2.05, 4.69) is 21.5 Å². The smallest absolute Gasteiger partial charge is 0.319 e. The highest BCUT2D eigenvalue weighted by Gasteiger charge is 2.19. The van der Waals surface area contributed by atoms with Crippen LogP contribution in [0.5, 0.6) is 11.5 Å². The van der Waals surface area contributed by atoms with Crippen LogP contribution in [-0.4, -0.2) is 106 Å². The van der Waals surface area contributed by atoms with Crippen LogP contribution in [0.3, 0.4) is 0 Å². The number of rotatable bonds is 11. The molecule has 0 amide bonds. The van der Waals surface area contributed by atoms with Crippen molar-refractivity contribution in [2.24, 2.45) is 0 Å². The van der Waals surface area contributed by atoms with Crippen molar-refractivity contribution in [1.82, 2.24) is 14.7 Å². The topological polar surface area (TPSA) is 74.7 Å². The van der Waals surface area contributed by atoms with E-state index in [1.165, 1.54) is 7.11 Å². The third-order valence-corrected chi connectivity index (χ3v) is 5.12. The molecule has 8 nitrogen and oxygen atoms in total. The van der Waals surface area contributed by atoms with Gasteiger partial charge >= 0.3 is 5.97 Å². The Morgan fingerprint density at radius 3 is 2.48 bits per heavy atom. The molecule has 2 rings (SSSR count). The van der Waals surface area contributed by atoms with Gasteiger partial charge in [0.15, 0.2) is 11.5 Å². The second-order valence-electron chi connectivity index (χ2n) is 7.43. The minimum Gasteiger partial charge on any atom is -0.493 e. The number of piperazine rings is 1. The van der Waals surface area contributed by atoms with Crippen LogP contribution in [0.25, 0.3) is 0 Å². The van der Waals surface area contributed by atoms with Crippen molar-refractivity contribution >= 4 is 5.97 Å². The van der Waals surface area contributed by atoms with Crippen LogP contribution in [0.15, 0.2) is 18.2 Å². The number of hydrogen-bond donors (Lipinski definition) is 1. The average Bonchev–Trinajstić information content (AvgIpc) is 2.73. The molecule has 1 saturated heterocycles. The Morgan fingerprint density at radius 1 is 1.17 bits per heavy atom. The number of carbonyl (C=O) groups is 1. The Labute approximate surface area is 173 Å². The van der Waals surface area contributed by atoms with Gasteiger partial charge in [-0.2, -0.15) is 0 Å². The van der Waals surface area contributed by atoms with Crippen LogP contribution in [0.4, 0.5) is 0 Å². The third-order valence-electron chi connectivity index (χ3n) is 5.12. The van der Waals surface area contributed by atoms with Crippen molar-refractivity contribution in [2.75, 3.05) is 73.7 Å². The standard InChI is InChI=1S/C21H35N3O5/c1-5-23-8-10-24(11-9-23)14-18(25)16-29-19-7-6-17(12-20(19)27-3)13-22(2)15-21(26)28-4/h6-7,12,18,25H,5,8-11,13-16H2,1-4H3. The maximum absolute atomic E-state index is 11.4. The van der Waals surface area contributed by atoms with Crippen LogP contribution >= 0.6 is 0 Å². The first-order valence-electron chi connectivity index (χ1n) is 10.1. The number of hydrogen-bond acceptors (Lipinski definition) is 8. The Bertz CT molecular complexity index is 635. The first kappa shape index (κ1) is 23.4. The van der Waals surface area contributed by atoms with Gasteiger partial charge in [0.2, 0.25) is 0 Å². The largest absolute Gasteiger partial charge is 0.493 e. The molecule has 0 spiro atoms. The van der Waals surface area contributed by atoms with E-state index in [0.29, 0.717) is 24.6 Å². The van der Waals surface area contributed by atoms with Gasteiger partial charge in [-0.3, -0.25) is 14.6 Å². The monoisotopic (exact) mass is 409 g/mol. The molecule has 29 heavy (non-hydrogen) atoms. The summed E-state index contributed by atoms with van der Waals surface area (Å²) in [6.45, 7) is 8.91. The lowest BCUT2D eigenvalue weighted by Crippen LogP contribution is -2.49. The molecule has 1 aromatic rings. The molecule has 0 saturated carbocycles. The molecule has 164 valence electrons. The number of carbonyl (C=O) groups excluding carboxylic acids is 1. The number of ether oxygens (including phenoxy) is 3. The molecule has 1 fully saturated rings. The molecule has 1 heterocycles. The van der Waals surface area contributed by atoms with E-state index in [0.717, 1.165) is 38.3 Å². The SMILES string of the molecule is CCN1CCN(CC(O)COc2ccc(CN(C)CC(=O)OC)cc2OC)CC1. The van der Waals surface area contributed by atoms with Gasteiger partial charge in [0.05, 0.1) is 20.8 Å². The summed E-state index contributed by atoms with van der Waals surface area (Å²) in [6.07, 6.45) is -0.557. The zero-order chi connectivity index (χ0) is 21.2. The van der Waals surface area contributed by atoms with Gasteiger partial charge in [0, 0.05) is 39.3 Å². The minimum absolute atomic E-state index is 0.214. The second-order valence-corrected chi connectivity index (χ2v) is 7.43. The van der Waals surface area contributed by atoms with Crippen molar-refractivity contribution in [3.63, 3.8) is 0 Å². The van der Waals surface area contributed by atoms with Gasteiger partial charge in [-0.05, 0) is 31.3 Å². The van der Waals surface area contributed by atoms with E-state index in [1.807, 2.05) is 30.1 Å². The summed E-state index contributed by atoms with van der Waals surface area (Å²) in [5.41, 5.74) is 0.995. The Hall–Kier alpha value is -1.87. The number of β-amino-alcohol motifs (C(OH)–C–C–N with tert-alkyl or cyclic N) is 1. The molecular weight excluding hydrogens is 374 g/mol. The second kappa shape index (κ2) is 12.0. The quantitative estimate of drug-likeness (QED) is 0.535. The number of benzene rings is 1. The average molecular weight is 410 g/mol. The lowest BCUT2D eigenvalue weighted by atomic mass is 10.2. The fourth-order valence-corrected chi connectivity index (χ4v) is 3.41. The summed E-state index contributed by atoms with van der Waals surface area (Å²) < 4.78 is 15.9. The summed E-state index contributed by atoms with van der Waals surface area (Å²) in [7, 11) is 4.82. The summed E-state index contributed by atoms with van der Waals surface area (Å²) in [5.74, 6) is 0.934. The van der Waals surface area contributed by atoms with Crippen LogP contribution in [-0.2, 0) is 16.1 Å². The highest BCUT2D eigenvalue weighted by Crippen LogP contribution is 2.28. The van der Waals surface area contributed by atoms with Gasteiger partial charge in [-0.25, -0.2) is 0 Å². The third kappa shape index (κ3) is 7.81. The van der Waals surface area contributed by atoms with E-state index < -0.39 is 6.10 Å². The lowest BCUT2D eigenvalue weighted by molar-refractivity contribution is -0.141. The molecule has 0 aliphatic carbocycles. The summed E-state index contributed by atoms with van der Waals surface area (Å²) in [4.78, 5) is 17.9. The molecular formula is C21H35N3O5. The minimum atomic E-state index is -0.557. The maximum atomic E-state index is 11.4. The number of likely N-dealkylation sites (N-methyl/N-ethyl adjacent to an activating group) is 2. The fourth-order valence-electron chi connectivity index (χ4n) is 3.41. The van der Waals surface area contributed by atoms with Gasteiger partial charge in [0.25, 0.3) is 0 Å². The molecule has 1 aliphatic heterocycles. The molecule has 0 aromatic heterocycles. The molecule has 8 heteroatoms. The van der Waals surface area contributed by atoms with E-state index in [1.54, 1.807) is 7.11 Å². The Kier molecular flexibility index (Phi) is 9.66. The van der Waals surface area contributed by atoms with Gasteiger partial charge in [-0.1, -0.05) is 13.0 Å². The van der Waals surface area contributed by atoms with Crippen molar-refractivity contribution in [3.8, 4) is 11.5 Å². The molecule has 1 unspecified atom stereocenters. The van der Waals surface area contributed by atoms with Crippen LogP contribution < -0.4 is 9.47 Å². The summed E-state index contributed by atoms with van der Waals surface area (Å²) >= 11 is 0.